The van der Waals surface area contributed by atoms with E-state index in [1.165, 1.54) is 19.4 Å². The molecule has 3 rings (SSSR count). The van der Waals surface area contributed by atoms with Gasteiger partial charge in [0, 0.05) is 30.4 Å². The van der Waals surface area contributed by atoms with Gasteiger partial charge in [0.25, 0.3) is 5.91 Å². The van der Waals surface area contributed by atoms with Crippen LogP contribution in [0.1, 0.15) is 10.4 Å². The summed E-state index contributed by atoms with van der Waals surface area (Å²) in [4.78, 5) is 34.5. The second-order valence-corrected chi connectivity index (χ2v) is 8.18. The van der Waals surface area contributed by atoms with Crippen LogP contribution in [0.3, 0.4) is 0 Å². The molecule has 0 aliphatic carbocycles. The Morgan fingerprint density at radius 3 is 2.72 bits per heavy atom. The lowest BCUT2D eigenvalue weighted by atomic mass is 10.1. The number of likely N-dealkylation sites (N-methyl/N-ethyl adjacent to an activating group) is 1. The number of amides is 2. The third-order valence-electron chi connectivity index (χ3n) is 4.77. The summed E-state index contributed by atoms with van der Waals surface area (Å²) in [6, 6.07) is 11.7. The number of nitrogens with one attached hydrogen (secondary N) is 3. The van der Waals surface area contributed by atoms with Crippen LogP contribution in [0.2, 0.25) is 5.02 Å². The van der Waals surface area contributed by atoms with Gasteiger partial charge in [0.1, 0.15) is 16.5 Å². The number of halogens is 1. The molecule has 1 aromatic heterocycles. The Bertz CT molecular complexity index is 1250. The van der Waals surface area contributed by atoms with Gasteiger partial charge in [0.2, 0.25) is 17.7 Å². The van der Waals surface area contributed by atoms with Crippen molar-refractivity contribution < 1.29 is 19.1 Å². The van der Waals surface area contributed by atoms with Crippen LogP contribution in [-0.4, -0.2) is 61.0 Å². The van der Waals surface area contributed by atoms with Gasteiger partial charge in [0.15, 0.2) is 0 Å². The number of rotatable bonds is 11. The molecule has 2 amide bonds. The number of hydrogen-bond acceptors (Lipinski definition) is 8. The quantitative estimate of drug-likeness (QED) is 0.330. The summed E-state index contributed by atoms with van der Waals surface area (Å²) in [6.45, 7) is 4.69. The first-order chi connectivity index (χ1) is 17.3. The molecule has 0 bridgehead atoms. The highest BCUT2D eigenvalue weighted by atomic mass is 35.5. The van der Waals surface area contributed by atoms with Gasteiger partial charge in [-0.25, -0.2) is 4.98 Å². The molecule has 3 N–H and O–H groups in total. The van der Waals surface area contributed by atoms with Crippen molar-refractivity contribution in [1.82, 2.24) is 20.2 Å². The first-order valence-corrected chi connectivity index (χ1v) is 11.3. The Kier molecular flexibility index (Phi) is 9.20. The largest absolute Gasteiger partial charge is 0.495 e. The lowest BCUT2D eigenvalue weighted by Crippen LogP contribution is -2.31. The average molecular weight is 511 g/mol. The van der Waals surface area contributed by atoms with E-state index in [1.54, 1.807) is 42.5 Å². The zero-order valence-corrected chi connectivity index (χ0v) is 20.9. The van der Waals surface area contributed by atoms with E-state index >= 15 is 0 Å². The molecule has 10 nitrogen and oxygen atoms in total. The molecular formula is C25H27ClN6O4. The topological polar surface area (TPSA) is 118 Å². The molecule has 0 saturated carbocycles. The maximum Gasteiger partial charge on any atom is 0.251 e. The van der Waals surface area contributed by atoms with Crippen molar-refractivity contribution in [2.45, 2.75) is 0 Å². The minimum atomic E-state index is -0.343. The fraction of sp³-hybridized carbons (Fsp3) is 0.200. The van der Waals surface area contributed by atoms with Crippen LogP contribution in [0, 0.1) is 0 Å². The predicted octanol–water partition coefficient (Wildman–Crippen LogP) is 4.09. The summed E-state index contributed by atoms with van der Waals surface area (Å²) in [7, 11) is 5.38. The van der Waals surface area contributed by atoms with Crippen molar-refractivity contribution in [2.75, 3.05) is 44.9 Å². The second-order valence-electron chi connectivity index (χ2n) is 7.77. The fourth-order valence-corrected chi connectivity index (χ4v) is 3.11. The number of ether oxygens (including phenoxy) is 2. The van der Waals surface area contributed by atoms with Crippen LogP contribution >= 0.6 is 11.6 Å². The molecule has 0 spiro atoms. The van der Waals surface area contributed by atoms with Gasteiger partial charge < -0.3 is 30.3 Å². The van der Waals surface area contributed by atoms with Crippen molar-refractivity contribution in [1.29, 1.82) is 0 Å². The molecule has 0 atom stereocenters. The van der Waals surface area contributed by atoms with Crippen molar-refractivity contribution >= 4 is 40.7 Å². The number of nitrogens with zero attached hydrogens (tertiary/aromatic N) is 3. The van der Waals surface area contributed by atoms with E-state index in [4.69, 9.17) is 21.1 Å². The van der Waals surface area contributed by atoms with Crippen LogP contribution in [0.4, 0.5) is 17.3 Å². The summed E-state index contributed by atoms with van der Waals surface area (Å²) in [5, 5.41) is 8.77. The molecule has 11 heteroatoms. The minimum Gasteiger partial charge on any atom is -0.495 e. The normalized spacial score (nSPS) is 10.5. The monoisotopic (exact) mass is 510 g/mol. The van der Waals surface area contributed by atoms with Gasteiger partial charge in [-0.1, -0.05) is 24.2 Å². The molecule has 0 aliphatic rings. The first kappa shape index (κ1) is 26.5. The standard InChI is InChI=1S/C25H27ClN6O4/c1-5-22(33)29-17-7-6-8-18(14-17)36-24-19(26)15-28-25(31-24)30-20-10-9-16(13-21(20)35-4)23(34)27-11-12-32(2)3/h5-10,13-15H,1,11-12H2,2-4H3,(H,27,34)(H,29,33)(H,28,30,31). The number of methoxy groups -OCH3 is 1. The zero-order chi connectivity index (χ0) is 26.1. The lowest BCUT2D eigenvalue weighted by Gasteiger charge is -2.14. The van der Waals surface area contributed by atoms with Gasteiger partial charge in [-0.3, -0.25) is 9.59 Å². The van der Waals surface area contributed by atoms with Crippen LogP contribution in [0.5, 0.6) is 17.4 Å². The maximum absolute atomic E-state index is 12.4. The molecule has 188 valence electrons. The average Bonchev–Trinajstić information content (AvgIpc) is 2.86. The smallest absolute Gasteiger partial charge is 0.251 e. The predicted molar refractivity (Wildman–Crippen MR) is 140 cm³/mol. The van der Waals surface area contributed by atoms with Crippen LogP contribution in [-0.2, 0) is 4.79 Å². The minimum absolute atomic E-state index is 0.109. The Labute approximate surface area is 214 Å². The molecule has 1 heterocycles. The SMILES string of the molecule is C=CC(=O)Nc1cccc(Oc2nc(Nc3ccc(C(=O)NCCN(C)C)cc3OC)ncc2Cl)c1. The van der Waals surface area contributed by atoms with Crippen LogP contribution in [0.25, 0.3) is 0 Å². The number of carbonyl (C=O) groups is 2. The van der Waals surface area contributed by atoms with Gasteiger partial charge in [-0.05, 0) is 50.5 Å². The highest BCUT2D eigenvalue weighted by molar-refractivity contribution is 6.31. The number of carbonyl (C=O) groups excluding carboxylic acids is 2. The van der Waals surface area contributed by atoms with E-state index in [2.05, 4.69) is 32.5 Å². The summed E-state index contributed by atoms with van der Waals surface area (Å²) < 4.78 is 11.3. The molecule has 0 radical (unpaired) electrons. The summed E-state index contributed by atoms with van der Waals surface area (Å²) in [5.41, 5.74) is 1.53. The molecular weight excluding hydrogens is 484 g/mol. The number of benzene rings is 2. The number of hydrogen-bond donors (Lipinski definition) is 3. The van der Waals surface area contributed by atoms with E-state index in [-0.39, 0.29) is 28.7 Å². The van der Waals surface area contributed by atoms with E-state index in [0.29, 0.717) is 35.0 Å². The number of anilines is 3. The molecule has 2 aromatic carbocycles. The van der Waals surface area contributed by atoms with Crippen molar-refractivity contribution in [3.63, 3.8) is 0 Å². The van der Waals surface area contributed by atoms with E-state index in [9.17, 15) is 9.59 Å². The van der Waals surface area contributed by atoms with Gasteiger partial charge in [-0.15, -0.1) is 0 Å². The third-order valence-corrected chi connectivity index (χ3v) is 5.03. The van der Waals surface area contributed by atoms with Crippen LogP contribution in [0.15, 0.2) is 61.3 Å². The maximum atomic E-state index is 12.4. The van der Waals surface area contributed by atoms with Crippen LogP contribution < -0.4 is 25.4 Å². The number of aromatic nitrogens is 2. The van der Waals surface area contributed by atoms with E-state index in [1.807, 2.05) is 19.0 Å². The van der Waals surface area contributed by atoms with Crippen molar-refractivity contribution in [3.8, 4) is 17.4 Å². The van der Waals surface area contributed by atoms with Gasteiger partial charge >= 0.3 is 0 Å². The van der Waals surface area contributed by atoms with Gasteiger partial charge in [-0.2, -0.15) is 4.98 Å². The third kappa shape index (κ3) is 7.42. The highest BCUT2D eigenvalue weighted by Gasteiger charge is 2.14. The van der Waals surface area contributed by atoms with Crippen molar-refractivity contribution in [3.05, 3.63) is 71.9 Å². The fourth-order valence-electron chi connectivity index (χ4n) is 2.98. The molecule has 36 heavy (non-hydrogen) atoms. The summed E-state index contributed by atoms with van der Waals surface area (Å²) >= 11 is 6.24. The second kappa shape index (κ2) is 12.5. The molecule has 0 saturated heterocycles. The Balaban J connectivity index is 1.75. The van der Waals surface area contributed by atoms with Gasteiger partial charge in [0.05, 0.1) is 19.0 Å². The lowest BCUT2D eigenvalue weighted by molar-refractivity contribution is -0.111. The zero-order valence-electron chi connectivity index (χ0n) is 20.2. The molecule has 0 aliphatic heterocycles. The molecule has 3 aromatic rings. The highest BCUT2D eigenvalue weighted by Crippen LogP contribution is 2.32. The Morgan fingerprint density at radius 2 is 2.00 bits per heavy atom. The van der Waals surface area contributed by atoms with E-state index in [0.717, 1.165) is 6.54 Å². The summed E-state index contributed by atoms with van der Waals surface area (Å²) in [5.74, 6) is 0.605. The molecule has 0 unspecified atom stereocenters. The summed E-state index contributed by atoms with van der Waals surface area (Å²) in [6.07, 6.45) is 2.57. The first-order valence-electron chi connectivity index (χ1n) is 10.9. The van der Waals surface area contributed by atoms with Crippen molar-refractivity contribution in [2.24, 2.45) is 0 Å². The Hall–Kier alpha value is -4.15. The Morgan fingerprint density at radius 1 is 1.19 bits per heavy atom. The molecule has 0 fully saturated rings. The van der Waals surface area contributed by atoms with E-state index < -0.39 is 0 Å².